The van der Waals surface area contributed by atoms with Gasteiger partial charge in [-0.15, -0.1) is 0 Å². The Morgan fingerprint density at radius 2 is 1.77 bits per heavy atom. The number of sulfonamides is 1. The second-order valence-corrected chi connectivity index (χ2v) is 8.43. The average Bonchev–Trinajstić information content (AvgIpc) is 2.67. The number of hydrogen-bond acceptors (Lipinski definition) is 4. The number of amides is 1. The van der Waals surface area contributed by atoms with E-state index in [0.29, 0.717) is 6.54 Å². The van der Waals surface area contributed by atoms with Crippen LogP contribution in [-0.4, -0.2) is 33.7 Å². The van der Waals surface area contributed by atoms with Crippen molar-refractivity contribution in [3.63, 3.8) is 0 Å². The maximum atomic E-state index is 11.8. The second kappa shape index (κ2) is 10.2. The van der Waals surface area contributed by atoms with Gasteiger partial charge >= 0.3 is 0 Å². The normalized spacial score (nSPS) is 11.6. The highest BCUT2D eigenvalue weighted by molar-refractivity contribution is 7.98. The lowest BCUT2D eigenvalue weighted by atomic mass is 10.2. The Hall–Kier alpha value is -2.09. The summed E-state index contributed by atoms with van der Waals surface area (Å²) in [5, 5.41) is 2.83. The SMILES string of the molecule is CNS(=O)(=O)c1ccc(/C=C/C(=O)NCCSCc2ccccc2)cc1. The van der Waals surface area contributed by atoms with Gasteiger partial charge in [0.25, 0.3) is 0 Å². The lowest BCUT2D eigenvalue weighted by Crippen LogP contribution is -2.23. The summed E-state index contributed by atoms with van der Waals surface area (Å²) in [7, 11) is -2.07. The molecule has 2 aromatic rings. The van der Waals surface area contributed by atoms with Crippen molar-refractivity contribution in [2.75, 3.05) is 19.3 Å². The molecule has 0 aliphatic heterocycles. The molecule has 2 rings (SSSR count). The third-order valence-electron chi connectivity index (χ3n) is 3.54. The van der Waals surface area contributed by atoms with Crippen LogP contribution in [0.4, 0.5) is 0 Å². The van der Waals surface area contributed by atoms with Crippen LogP contribution < -0.4 is 10.0 Å². The van der Waals surface area contributed by atoms with Crippen molar-refractivity contribution < 1.29 is 13.2 Å². The van der Waals surface area contributed by atoms with Crippen LogP contribution >= 0.6 is 11.8 Å². The largest absolute Gasteiger partial charge is 0.352 e. The standard InChI is InChI=1S/C19H22N2O3S2/c1-20-26(23,24)18-10-7-16(8-11-18)9-12-19(22)21-13-14-25-15-17-5-3-2-4-6-17/h2-12,20H,13-15H2,1H3,(H,21,22)/b12-9+. The maximum Gasteiger partial charge on any atom is 0.244 e. The highest BCUT2D eigenvalue weighted by Crippen LogP contribution is 2.12. The minimum absolute atomic E-state index is 0.169. The molecule has 1 amide bonds. The summed E-state index contributed by atoms with van der Waals surface area (Å²) >= 11 is 1.77. The number of hydrogen-bond donors (Lipinski definition) is 2. The molecule has 5 nitrogen and oxygen atoms in total. The van der Waals surface area contributed by atoms with Crippen LogP contribution in [0.5, 0.6) is 0 Å². The van der Waals surface area contributed by atoms with E-state index in [-0.39, 0.29) is 10.8 Å². The van der Waals surface area contributed by atoms with Crippen LogP contribution in [0.1, 0.15) is 11.1 Å². The number of carbonyl (C=O) groups excluding carboxylic acids is 1. The summed E-state index contributed by atoms with van der Waals surface area (Å²) in [5.41, 5.74) is 2.03. The summed E-state index contributed by atoms with van der Waals surface area (Å²) in [6.07, 6.45) is 3.10. The first-order valence-corrected chi connectivity index (χ1v) is 10.8. The Balaban J connectivity index is 1.72. The van der Waals surface area contributed by atoms with Crippen LogP contribution in [0.2, 0.25) is 0 Å². The molecule has 0 fully saturated rings. The van der Waals surface area contributed by atoms with Gasteiger partial charge in [-0.2, -0.15) is 11.8 Å². The molecule has 26 heavy (non-hydrogen) atoms. The van der Waals surface area contributed by atoms with E-state index < -0.39 is 10.0 Å². The Morgan fingerprint density at radius 3 is 2.42 bits per heavy atom. The molecule has 2 N–H and O–H groups in total. The molecule has 0 aromatic heterocycles. The van der Waals surface area contributed by atoms with Gasteiger partial charge in [-0.1, -0.05) is 42.5 Å². The molecule has 7 heteroatoms. The van der Waals surface area contributed by atoms with E-state index in [0.717, 1.165) is 17.1 Å². The van der Waals surface area contributed by atoms with E-state index in [9.17, 15) is 13.2 Å². The number of thioether (sulfide) groups is 1. The van der Waals surface area contributed by atoms with Gasteiger partial charge in [0.15, 0.2) is 0 Å². The molecule has 0 spiro atoms. The molecule has 0 saturated heterocycles. The zero-order chi connectivity index (χ0) is 18.8. The zero-order valence-electron chi connectivity index (χ0n) is 14.5. The van der Waals surface area contributed by atoms with Crippen molar-refractivity contribution in [1.29, 1.82) is 0 Å². The third-order valence-corrected chi connectivity index (χ3v) is 6.00. The van der Waals surface area contributed by atoms with Gasteiger partial charge in [0.1, 0.15) is 0 Å². The number of benzene rings is 2. The first-order chi connectivity index (χ1) is 12.5. The first-order valence-electron chi connectivity index (χ1n) is 8.12. The Labute approximate surface area is 158 Å². The molecule has 0 radical (unpaired) electrons. The van der Waals surface area contributed by atoms with Gasteiger partial charge in [-0.25, -0.2) is 13.1 Å². The van der Waals surface area contributed by atoms with Crippen molar-refractivity contribution in [1.82, 2.24) is 10.0 Å². The molecular weight excluding hydrogens is 368 g/mol. The molecule has 138 valence electrons. The molecule has 0 unspecified atom stereocenters. The van der Waals surface area contributed by atoms with Crippen molar-refractivity contribution in [3.05, 3.63) is 71.8 Å². The fraction of sp³-hybridized carbons (Fsp3) is 0.211. The third kappa shape index (κ3) is 6.67. The fourth-order valence-corrected chi connectivity index (χ4v) is 3.67. The van der Waals surface area contributed by atoms with Crippen molar-refractivity contribution in [3.8, 4) is 0 Å². The Bertz CT molecular complexity index is 833. The Morgan fingerprint density at radius 1 is 1.08 bits per heavy atom. The highest BCUT2D eigenvalue weighted by atomic mass is 32.2. The quantitative estimate of drug-likeness (QED) is 0.510. The maximum absolute atomic E-state index is 11.8. The molecule has 0 heterocycles. The van der Waals surface area contributed by atoms with Crippen LogP contribution in [-0.2, 0) is 20.6 Å². The number of rotatable bonds is 9. The summed E-state index contributed by atoms with van der Waals surface area (Å²) in [5.74, 6) is 1.59. The predicted molar refractivity (Wildman–Crippen MR) is 107 cm³/mol. The van der Waals surface area contributed by atoms with Gasteiger partial charge < -0.3 is 5.32 Å². The molecule has 0 aliphatic carbocycles. The molecule has 0 bridgehead atoms. The molecule has 0 aliphatic rings. The predicted octanol–water partition coefficient (Wildman–Crippen LogP) is 2.66. The molecule has 2 aromatic carbocycles. The highest BCUT2D eigenvalue weighted by Gasteiger charge is 2.09. The van der Waals surface area contributed by atoms with Crippen molar-refractivity contribution >= 4 is 33.8 Å². The first kappa shape index (κ1) is 20.2. The van der Waals surface area contributed by atoms with Gasteiger partial charge in [-0.05, 0) is 36.4 Å². The van der Waals surface area contributed by atoms with Crippen LogP contribution in [0.3, 0.4) is 0 Å². The van der Waals surface area contributed by atoms with Gasteiger partial charge in [-0.3, -0.25) is 4.79 Å². The van der Waals surface area contributed by atoms with E-state index in [2.05, 4.69) is 22.2 Å². The van der Waals surface area contributed by atoms with E-state index >= 15 is 0 Å². The molecule has 0 saturated carbocycles. The van der Waals surface area contributed by atoms with E-state index in [1.165, 1.54) is 30.8 Å². The minimum Gasteiger partial charge on any atom is -0.352 e. The minimum atomic E-state index is -3.44. The van der Waals surface area contributed by atoms with Crippen molar-refractivity contribution in [2.45, 2.75) is 10.6 Å². The van der Waals surface area contributed by atoms with E-state index in [1.54, 1.807) is 30.0 Å². The van der Waals surface area contributed by atoms with Gasteiger partial charge in [0.2, 0.25) is 15.9 Å². The average molecular weight is 391 g/mol. The second-order valence-electron chi connectivity index (χ2n) is 5.44. The summed E-state index contributed by atoms with van der Waals surface area (Å²) in [6, 6.07) is 16.5. The van der Waals surface area contributed by atoms with Crippen LogP contribution in [0.15, 0.2) is 65.6 Å². The Kier molecular flexibility index (Phi) is 7.90. The molecule has 0 atom stereocenters. The zero-order valence-corrected chi connectivity index (χ0v) is 16.1. The van der Waals surface area contributed by atoms with Gasteiger partial charge in [0.05, 0.1) is 4.90 Å². The monoisotopic (exact) mass is 390 g/mol. The lowest BCUT2D eigenvalue weighted by Gasteiger charge is -2.03. The van der Waals surface area contributed by atoms with Gasteiger partial charge in [0, 0.05) is 24.1 Å². The van der Waals surface area contributed by atoms with Crippen LogP contribution in [0.25, 0.3) is 6.08 Å². The molecular formula is C19H22N2O3S2. The van der Waals surface area contributed by atoms with Crippen LogP contribution in [0, 0.1) is 0 Å². The number of carbonyl (C=O) groups is 1. The van der Waals surface area contributed by atoms with E-state index in [1.807, 2.05) is 18.2 Å². The van der Waals surface area contributed by atoms with Crippen molar-refractivity contribution in [2.24, 2.45) is 0 Å². The summed E-state index contributed by atoms with van der Waals surface area (Å²) < 4.78 is 25.5. The topological polar surface area (TPSA) is 75.3 Å². The van der Waals surface area contributed by atoms with E-state index in [4.69, 9.17) is 0 Å². The fourth-order valence-electron chi connectivity index (χ4n) is 2.12. The smallest absolute Gasteiger partial charge is 0.244 e. The summed E-state index contributed by atoms with van der Waals surface area (Å²) in [6.45, 7) is 0.597. The summed E-state index contributed by atoms with van der Waals surface area (Å²) in [4.78, 5) is 12.0. The number of nitrogens with one attached hydrogen (secondary N) is 2. The lowest BCUT2D eigenvalue weighted by molar-refractivity contribution is -0.116.